The van der Waals surface area contributed by atoms with E-state index in [0.29, 0.717) is 34.4 Å². The molecule has 0 aliphatic carbocycles. The van der Waals surface area contributed by atoms with Gasteiger partial charge in [-0.3, -0.25) is 4.79 Å². The van der Waals surface area contributed by atoms with Gasteiger partial charge in [0, 0.05) is 22.7 Å². The zero-order valence-electron chi connectivity index (χ0n) is 23.3. The molecule has 0 saturated carbocycles. The molecule has 40 heavy (non-hydrogen) atoms. The normalized spacial score (nSPS) is 12.1. The van der Waals surface area contributed by atoms with Crippen LogP contribution >= 0.6 is 0 Å². The van der Waals surface area contributed by atoms with Gasteiger partial charge in [-0.2, -0.15) is 0 Å². The van der Waals surface area contributed by atoms with E-state index in [0.717, 1.165) is 5.56 Å². The summed E-state index contributed by atoms with van der Waals surface area (Å²) in [6.07, 6.45) is 0.908. The molecule has 4 rings (SSSR count). The van der Waals surface area contributed by atoms with E-state index >= 15 is 4.39 Å². The molecule has 208 valence electrons. The highest BCUT2D eigenvalue weighted by molar-refractivity contribution is 6.17. The Hall–Kier alpha value is -4.46. The third kappa shape index (κ3) is 6.75. The second-order valence-electron chi connectivity index (χ2n) is 10.3. The molecule has 1 unspecified atom stereocenters. The Morgan fingerprint density at radius 2 is 1.70 bits per heavy atom. The van der Waals surface area contributed by atoms with Crippen molar-refractivity contribution in [2.24, 2.45) is 0 Å². The standard InChI is InChI=1S/C32H33FN2O5/c1-6-38-30-24-14-10-13-23(22(24)15-16-34-30)29(36)26-18-28(39-19-21-11-8-7-9-12-21)25(17-27(26)33)20(2)35-31(37)40-32(3,4)5/h7-18,20H,6,19H2,1-5H3,(H,35,37). The number of hydrogen-bond acceptors (Lipinski definition) is 6. The number of ketones is 1. The van der Waals surface area contributed by atoms with E-state index in [-0.39, 0.29) is 17.9 Å². The maximum atomic E-state index is 15.6. The lowest BCUT2D eigenvalue weighted by Crippen LogP contribution is -2.34. The lowest BCUT2D eigenvalue weighted by atomic mass is 9.95. The Morgan fingerprint density at radius 3 is 2.40 bits per heavy atom. The lowest BCUT2D eigenvalue weighted by molar-refractivity contribution is 0.0507. The molecular formula is C32H33FN2O5. The fourth-order valence-corrected chi connectivity index (χ4v) is 4.28. The van der Waals surface area contributed by atoms with Crippen LogP contribution in [0.25, 0.3) is 10.8 Å². The van der Waals surface area contributed by atoms with E-state index < -0.39 is 29.3 Å². The molecule has 1 aromatic heterocycles. The summed E-state index contributed by atoms with van der Waals surface area (Å²) in [7, 11) is 0. The first-order chi connectivity index (χ1) is 19.1. The highest BCUT2D eigenvalue weighted by atomic mass is 19.1. The zero-order chi connectivity index (χ0) is 28.9. The maximum Gasteiger partial charge on any atom is 0.408 e. The average molecular weight is 545 g/mol. The van der Waals surface area contributed by atoms with Crippen LogP contribution in [0.4, 0.5) is 9.18 Å². The Balaban J connectivity index is 1.74. The van der Waals surface area contributed by atoms with Crippen molar-refractivity contribution in [1.82, 2.24) is 10.3 Å². The molecule has 0 aliphatic rings. The van der Waals surface area contributed by atoms with Crippen LogP contribution in [0.15, 0.2) is 72.9 Å². The van der Waals surface area contributed by atoms with Crippen molar-refractivity contribution < 1.29 is 28.2 Å². The van der Waals surface area contributed by atoms with E-state index in [1.807, 2.05) is 43.3 Å². The van der Waals surface area contributed by atoms with Gasteiger partial charge in [-0.25, -0.2) is 14.2 Å². The summed E-state index contributed by atoms with van der Waals surface area (Å²) in [5, 5.41) is 3.98. The smallest absolute Gasteiger partial charge is 0.408 e. The lowest BCUT2D eigenvalue weighted by Gasteiger charge is -2.23. The highest BCUT2D eigenvalue weighted by Gasteiger charge is 2.25. The molecular weight excluding hydrogens is 511 g/mol. The number of nitrogens with one attached hydrogen (secondary N) is 1. The minimum Gasteiger partial charge on any atom is -0.489 e. The van der Waals surface area contributed by atoms with Gasteiger partial charge in [0.25, 0.3) is 0 Å². The fourth-order valence-electron chi connectivity index (χ4n) is 4.28. The summed E-state index contributed by atoms with van der Waals surface area (Å²) in [4.78, 5) is 30.4. The molecule has 0 saturated heterocycles. The van der Waals surface area contributed by atoms with Crippen LogP contribution in [-0.4, -0.2) is 29.1 Å². The SMILES string of the molecule is CCOc1nccc2c(C(=O)c3cc(OCc4ccccc4)c(C(C)NC(=O)OC(C)(C)C)cc3F)cccc12. The number of carbonyl (C=O) groups excluding carboxylic acids is 2. The van der Waals surface area contributed by atoms with Crippen LogP contribution in [0.2, 0.25) is 0 Å². The predicted octanol–water partition coefficient (Wildman–Crippen LogP) is 7.17. The monoisotopic (exact) mass is 544 g/mol. The van der Waals surface area contributed by atoms with Crippen molar-refractivity contribution in [2.75, 3.05) is 6.61 Å². The van der Waals surface area contributed by atoms with Gasteiger partial charge in [0.2, 0.25) is 5.88 Å². The van der Waals surface area contributed by atoms with Crippen molar-refractivity contribution >= 4 is 22.6 Å². The van der Waals surface area contributed by atoms with Gasteiger partial charge in [-0.15, -0.1) is 0 Å². The largest absolute Gasteiger partial charge is 0.489 e. The number of amides is 1. The van der Waals surface area contributed by atoms with Gasteiger partial charge in [0.15, 0.2) is 5.78 Å². The van der Waals surface area contributed by atoms with Crippen molar-refractivity contribution in [3.05, 3.63) is 101 Å². The van der Waals surface area contributed by atoms with E-state index in [4.69, 9.17) is 14.2 Å². The van der Waals surface area contributed by atoms with Crippen LogP contribution in [0.3, 0.4) is 0 Å². The molecule has 8 heteroatoms. The first kappa shape index (κ1) is 28.5. The van der Waals surface area contributed by atoms with Crippen molar-refractivity contribution in [3.8, 4) is 11.6 Å². The minimum absolute atomic E-state index is 0.154. The minimum atomic E-state index is -0.735. The second-order valence-corrected chi connectivity index (χ2v) is 10.3. The number of benzene rings is 3. The predicted molar refractivity (Wildman–Crippen MR) is 151 cm³/mol. The fraction of sp³-hybridized carbons (Fsp3) is 0.281. The topological polar surface area (TPSA) is 86.8 Å². The van der Waals surface area contributed by atoms with Crippen molar-refractivity contribution in [1.29, 1.82) is 0 Å². The van der Waals surface area contributed by atoms with E-state index in [1.54, 1.807) is 52.1 Å². The Labute approximate surface area is 233 Å². The second kappa shape index (κ2) is 12.2. The van der Waals surface area contributed by atoms with E-state index in [2.05, 4.69) is 10.3 Å². The van der Waals surface area contributed by atoms with Crippen LogP contribution in [-0.2, 0) is 11.3 Å². The number of hydrogen-bond donors (Lipinski definition) is 1. The number of carbonyl (C=O) groups is 2. The number of ether oxygens (including phenoxy) is 3. The summed E-state index contributed by atoms with van der Waals surface area (Å²) in [6, 6.07) is 18.3. The van der Waals surface area contributed by atoms with Crippen LogP contribution in [0.1, 0.15) is 67.7 Å². The summed E-state index contributed by atoms with van der Waals surface area (Å²) in [6.45, 7) is 9.41. The number of fused-ring (bicyclic) bond motifs is 1. The first-order valence-electron chi connectivity index (χ1n) is 13.1. The third-order valence-electron chi connectivity index (χ3n) is 6.08. The number of pyridine rings is 1. The molecule has 1 amide bonds. The molecule has 1 heterocycles. The third-order valence-corrected chi connectivity index (χ3v) is 6.08. The van der Waals surface area contributed by atoms with Crippen LogP contribution < -0.4 is 14.8 Å². The first-order valence-corrected chi connectivity index (χ1v) is 13.1. The van der Waals surface area contributed by atoms with Crippen LogP contribution in [0, 0.1) is 5.82 Å². The number of nitrogens with zero attached hydrogens (tertiary/aromatic N) is 1. The Bertz CT molecular complexity index is 1520. The van der Waals surface area contributed by atoms with Gasteiger partial charge in [-0.1, -0.05) is 42.5 Å². The summed E-state index contributed by atoms with van der Waals surface area (Å²) >= 11 is 0. The molecule has 7 nitrogen and oxygen atoms in total. The highest BCUT2D eigenvalue weighted by Crippen LogP contribution is 2.33. The zero-order valence-corrected chi connectivity index (χ0v) is 23.3. The number of halogens is 1. The molecule has 3 aromatic carbocycles. The number of alkyl carbamates (subject to hydrolysis) is 1. The molecule has 0 fully saturated rings. The Morgan fingerprint density at radius 1 is 0.950 bits per heavy atom. The number of aromatic nitrogens is 1. The molecule has 1 N–H and O–H groups in total. The van der Waals surface area contributed by atoms with Gasteiger partial charge < -0.3 is 19.5 Å². The molecule has 1 atom stereocenters. The van der Waals surface area contributed by atoms with Crippen molar-refractivity contribution in [2.45, 2.75) is 52.9 Å². The van der Waals surface area contributed by atoms with Gasteiger partial charge in [0.05, 0.1) is 18.2 Å². The molecule has 0 bridgehead atoms. The van der Waals surface area contributed by atoms with Crippen molar-refractivity contribution in [3.63, 3.8) is 0 Å². The Kier molecular flexibility index (Phi) is 8.67. The van der Waals surface area contributed by atoms with Gasteiger partial charge in [0.1, 0.15) is 23.8 Å². The maximum absolute atomic E-state index is 15.6. The summed E-state index contributed by atoms with van der Waals surface area (Å²) in [5.74, 6) is -0.574. The van der Waals surface area contributed by atoms with E-state index in [9.17, 15) is 9.59 Å². The summed E-state index contributed by atoms with van der Waals surface area (Å²) in [5.41, 5.74) is 0.716. The quantitative estimate of drug-likeness (QED) is 0.225. The van der Waals surface area contributed by atoms with E-state index in [1.165, 1.54) is 12.1 Å². The van der Waals surface area contributed by atoms with Gasteiger partial charge in [-0.05, 0) is 69.8 Å². The van der Waals surface area contributed by atoms with Crippen LogP contribution in [0.5, 0.6) is 11.6 Å². The van der Waals surface area contributed by atoms with Gasteiger partial charge >= 0.3 is 6.09 Å². The average Bonchev–Trinajstić information content (AvgIpc) is 2.91. The summed E-state index contributed by atoms with van der Waals surface area (Å²) < 4.78 is 32.7. The molecule has 0 radical (unpaired) electrons. The molecule has 0 aliphatic heterocycles. The molecule has 4 aromatic rings. The number of rotatable bonds is 9. The molecule has 0 spiro atoms.